The molecule has 2 aromatic rings. The Balaban J connectivity index is 2.11. The van der Waals surface area contributed by atoms with Gasteiger partial charge in [-0.05, 0) is 54.7 Å². The molecule has 2 rings (SSSR count). The van der Waals surface area contributed by atoms with E-state index >= 15 is 0 Å². The molecule has 0 heterocycles. The van der Waals surface area contributed by atoms with Gasteiger partial charge in [0, 0.05) is 12.3 Å². The summed E-state index contributed by atoms with van der Waals surface area (Å²) in [6.45, 7) is 2.29. The number of aliphatic hydroxyl groups is 1. The predicted molar refractivity (Wildman–Crippen MR) is 84.9 cm³/mol. The molecule has 0 saturated carbocycles. The molecule has 0 spiro atoms. The van der Waals surface area contributed by atoms with Gasteiger partial charge in [-0.1, -0.05) is 31.2 Å². The molecule has 2 nitrogen and oxygen atoms in total. The number of hydrogen-bond acceptors (Lipinski definition) is 2. The van der Waals surface area contributed by atoms with Gasteiger partial charge in [0.2, 0.25) is 0 Å². The van der Waals surface area contributed by atoms with Crippen molar-refractivity contribution in [3.8, 4) is 0 Å². The number of nitrogens with one attached hydrogen (secondary N) is 1. The van der Waals surface area contributed by atoms with E-state index in [0.717, 1.165) is 30.5 Å². The molecule has 0 amide bonds. The van der Waals surface area contributed by atoms with E-state index in [4.69, 9.17) is 5.11 Å². The van der Waals surface area contributed by atoms with Crippen LogP contribution in [0.5, 0.6) is 0 Å². The number of rotatable bonds is 7. The van der Waals surface area contributed by atoms with Gasteiger partial charge in [0.15, 0.2) is 0 Å². The Bertz CT molecular complexity index is 571. The highest BCUT2D eigenvalue weighted by molar-refractivity contribution is 5.48. The van der Waals surface area contributed by atoms with Gasteiger partial charge < -0.3 is 10.4 Å². The number of hydrogen-bond donors (Lipinski definition) is 2. The van der Waals surface area contributed by atoms with Crippen molar-refractivity contribution < 1.29 is 9.50 Å². The van der Waals surface area contributed by atoms with Gasteiger partial charge in [-0.15, -0.1) is 0 Å². The second-order valence-electron chi connectivity index (χ2n) is 5.19. The SMILES string of the molecule is CCC(Nc1cccc(CCCO)c1)c1cccc(F)c1. The largest absolute Gasteiger partial charge is 0.396 e. The van der Waals surface area contributed by atoms with Crippen LogP contribution >= 0.6 is 0 Å². The lowest BCUT2D eigenvalue weighted by Crippen LogP contribution is -2.10. The molecule has 0 aromatic heterocycles. The average molecular weight is 287 g/mol. The topological polar surface area (TPSA) is 32.3 Å². The third-order valence-electron chi connectivity index (χ3n) is 3.55. The molecule has 0 saturated heterocycles. The summed E-state index contributed by atoms with van der Waals surface area (Å²) in [5.74, 6) is -0.204. The summed E-state index contributed by atoms with van der Waals surface area (Å²) in [6, 6.07) is 15.0. The van der Waals surface area contributed by atoms with Gasteiger partial charge in [-0.2, -0.15) is 0 Å². The van der Waals surface area contributed by atoms with Crippen LogP contribution in [0, 0.1) is 5.82 Å². The molecule has 0 radical (unpaired) electrons. The number of halogens is 1. The maximum Gasteiger partial charge on any atom is 0.123 e. The van der Waals surface area contributed by atoms with Crippen molar-refractivity contribution in [3.63, 3.8) is 0 Å². The lowest BCUT2D eigenvalue weighted by atomic mass is 10.0. The Hall–Kier alpha value is -1.87. The molecular weight excluding hydrogens is 265 g/mol. The van der Waals surface area contributed by atoms with Crippen LogP contribution < -0.4 is 5.32 Å². The molecule has 1 atom stereocenters. The van der Waals surface area contributed by atoms with E-state index in [2.05, 4.69) is 24.4 Å². The second-order valence-corrected chi connectivity index (χ2v) is 5.19. The molecule has 0 fully saturated rings. The van der Waals surface area contributed by atoms with E-state index in [-0.39, 0.29) is 18.5 Å². The molecule has 0 aliphatic carbocycles. The molecule has 0 aliphatic rings. The van der Waals surface area contributed by atoms with Crippen molar-refractivity contribution in [2.45, 2.75) is 32.2 Å². The second kappa shape index (κ2) is 7.79. The zero-order valence-electron chi connectivity index (χ0n) is 12.3. The molecule has 3 heteroatoms. The molecule has 112 valence electrons. The van der Waals surface area contributed by atoms with Crippen LogP contribution in [-0.4, -0.2) is 11.7 Å². The first-order chi connectivity index (χ1) is 10.2. The average Bonchev–Trinajstić information content (AvgIpc) is 2.51. The fourth-order valence-corrected chi connectivity index (χ4v) is 2.45. The fraction of sp³-hybridized carbons (Fsp3) is 0.333. The highest BCUT2D eigenvalue weighted by Crippen LogP contribution is 2.24. The Kier molecular flexibility index (Phi) is 5.76. The molecule has 0 aliphatic heterocycles. The van der Waals surface area contributed by atoms with E-state index in [1.54, 1.807) is 12.1 Å². The van der Waals surface area contributed by atoms with Gasteiger partial charge in [-0.25, -0.2) is 4.39 Å². The fourth-order valence-electron chi connectivity index (χ4n) is 2.45. The summed E-state index contributed by atoms with van der Waals surface area (Å²) in [7, 11) is 0. The summed E-state index contributed by atoms with van der Waals surface area (Å²) in [4.78, 5) is 0. The zero-order chi connectivity index (χ0) is 15.1. The molecular formula is C18H22FNO. The van der Waals surface area contributed by atoms with Crippen LogP contribution in [0.2, 0.25) is 0 Å². The maximum absolute atomic E-state index is 13.4. The van der Waals surface area contributed by atoms with Crippen LogP contribution in [0.1, 0.15) is 36.9 Å². The van der Waals surface area contributed by atoms with E-state index in [1.807, 2.05) is 18.2 Å². The van der Waals surface area contributed by atoms with E-state index in [9.17, 15) is 4.39 Å². The number of aliphatic hydroxyl groups excluding tert-OH is 1. The predicted octanol–water partition coefficient (Wildman–Crippen LogP) is 4.31. The summed E-state index contributed by atoms with van der Waals surface area (Å²) < 4.78 is 13.4. The quantitative estimate of drug-likeness (QED) is 0.795. The monoisotopic (exact) mass is 287 g/mol. The van der Waals surface area contributed by atoms with Gasteiger partial charge in [0.25, 0.3) is 0 Å². The Morgan fingerprint density at radius 3 is 2.67 bits per heavy atom. The zero-order valence-corrected chi connectivity index (χ0v) is 12.3. The summed E-state index contributed by atoms with van der Waals surface area (Å²) >= 11 is 0. The van der Waals surface area contributed by atoms with Crippen LogP contribution in [0.15, 0.2) is 48.5 Å². The van der Waals surface area contributed by atoms with Crippen molar-refractivity contribution in [1.29, 1.82) is 0 Å². The Morgan fingerprint density at radius 1 is 1.14 bits per heavy atom. The minimum absolute atomic E-state index is 0.0915. The van der Waals surface area contributed by atoms with Crippen LogP contribution in [0.3, 0.4) is 0 Å². The summed E-state index contributed by atoms with van der Waals surface area (Å²) in [5, 5.41) is 12.4. The molecule has 2 N–H and O–H groups in total. The molecule has 21 heavy (non-hydrogen) atoms. The Labute approximate surface area is 125 Å². The molecule has 2 aromatic carbocycles. The van der Waals surface area contributed by atoms with Crippen LogP contribution in [0.25, 0.3) is 0 Å². The van der Waals surface area contributed by atoms with Crippen molar-refractivity contribution in [3.05, 3.63) is 65.5 Å². The molecule has 1 unspecified atom stereocenters. The minimum Gasteiger partial charge on any atom is -0.396 e. The normalized spacial score (nSPS) is 12.1. The summed E-state index contributed by atoms with van der Waals surface area (Å²) in [6.07, 6.45) is 2.51. The van der Waals surface area contributed by atoms with Crippen LogP contribution in [0.4, 0.5) is 10.1 Å². The van der Waals surface area contributed by atoms with Gasteiger partial charge in [0.05, 0.1) is 6.04 Å². The van der Waals surface area contributed by atoms with E-state index in [1.165, 1.54) is 11.6 Å². The minimum atomic E-state index is -0.204. The number of benzene rings is 2. The first-order valence-electron chi connectivity index (χ1n) is 7.44. The standard InChI is InChI=1S/C18H22FNO/c1-2-18(15-8-4-9-16(19)13-15)20-17-10-3-6-14(12-17)7-5-11-21/h3-4,6,8-10,12-13,18,20-21H,2,5,7,11H2,1H3. The third kappa shape index (κ3) is 4.57. The van der Waals surface area contributed by atoms with Gasteiger partial charge in [0.1, 0.15) is 5.82 Å². The van der Waals surface area contributed by atoms with Crippen molar-refractivity contribution in [2.24, 2.45) is 0 Å². The first-order valence-corrected chi connectivity index (χ1v) is 7.44. The van der Waals surface area contributed by atoms with Gasteiger partial charge in [-0.3, -0.25) is 0 Å². The summed E-state index contributed by atoms with van der Waals surface area (Å²) in [5.41, 5.74) is 3.18. The highest BCUT2D eigenvalue weighted by Gasteiger charge is 2.10. The van der Waals surface area contributed by atoms with E-state index < -0.39 is 0 Å². The van der Waals surface area contributed by atoms with Crippen molar-refractivity contribution in [1.82, 2.24) is 0 Å². The van der Waals surface area contributed by atoms with Crippen LogP contribution in [-0.2, 0) is 6.42 Å². The lowest BCUT2D eigenvalue weighted by molar-refractivity contribution is 0.288. The first kappa shape index (κ1) is 15.5. The maximum atomic E-state index is 13.4. The van der Waals surface area contributed by atoms with Crippen molar-refractivity contribution in [2.75, 3.05) is 11.9 Å². The third-order valence-corrected chi connectivity index (χ3v) is 3.55. The number of anilines is 1. The van der Waals surface area contributed by atoms with E-state index in [0.29, 0.717) is 0 Å². The highest BCUT2D eigenvalue weighted by atomic mass is 19.1. The van der Waals surface area contributed by atoms with Gasteiger partial charge >= 0.3 is 0 Å². The smallest absolute Gasteiger partial charge is 0.123 e. The molecule has 0 bridgehead atoms. The number of aryl methyl sites for hydroxylation is 1. The lowest BCUT2D eigenvalue weighted by Gasteiger charge is -2.19. The van der Waals surface area contributed by atoms with Crippen molar-refractivity contribution >= 4 is 5.69 Å². The Morgan fingerprint density at radius 2 is 1.95 bits per heavy atom.